The number of esters is 1. The summed E-state index contributed by atoms with van der Waals surface area (Å²) in [7, 11) is 1.31. The number of aromatic nitrogens is 2. The number of methoxy groups -OCH3 is 1. The number of thiophene rings is 1. The van der Waals surface area contributed by atoms with E-state index in [1.807, 2.05) is 11.4 Å². The van der Waals surface area contributed by atoms with Gasteiger partial charge in [0.05, 0.1) is 12.6 Å². The SMILES string of the molecule is COC(=O)COc1ncnc2ccsc12. The number of hydrogen-bond acceptors (Lipinski definition) is 6. The summed E-state index contributed by atoms with van der Waals surface area (Å²) >= 11 is 1.47. The van der Waals surface area contributed by atoms with Crippen LogP contribution in [0, 0.1) is 0 Å². The van der Waals surface area contributed by atoms with Crippen LogP contribution in [0.1, 0.15) is 0 Å². The summed E-state index contributed by atoms with van der Waals surface area (Å²) < 4.78 is 10.5. The van der Waals surface area contributed by atoms with Gasteiger partial charge in [-0.3, -0.25) is 0 Å². The van der Waals surface area contributed by atoms with Crippen LogP contribution in [0.3, 0.4) is 0 Å². The van der Waals surface area contributed by atoms with Crippen molar-refractivity contribution in [3.63, 3.8) is 0 Å². The van der Waals surface area contributed by atoms with E-state index in [-0.39, 0.29) is 6.61 Å². The fourth-order valence-corrected chi connectivity index (χ4v) is 1.84. The quantitative estimate of drug-likeness (QED) is 0.734. The minimum atomic E-state index is -0.432. The lowest BCUT2D eigenvalue weighted by Gasteiger charge is -2.03. The summed E-state index contributed by atoms with van der Waals surface area (Å²) in [5.41, 5.74) is 0.815. The molecule has 0 aliphatic carbocycles. The Morgan fingerprint density at radius 2 is 2.40 bits per heavy atom. The maximum Gasteiger partial charge on any atom is 0.343 e. The zero-order chi connectivity index (χ0) is 10.7. The summed E-state index contributed by atoms with van der Waals surface area (Å²) in [6.45, 7) is -0.138. The van der Waals surface area contributed by atoms with Crippen molar-refractivity contribution in [3.05, 3.63) is 17.8 Å². The Morgan fingerprint density at radius 1 is 1.53 bits per heavy atom. The molecule has 0 radical (unpaired) electrons. The molecule has 0 amide bonds. The molecule has 15 heavy (non-hydrogen) atoms. The molecule has 2 aromatic heterocycles. The molecule has 0 spiro atoms. The summed E-state index contributed by atoms with van der Waals surface area (Å²) in [5, 5.41) is 1.89. The van der Waals surface area contributed by atoms with E-state index in [1.165, 1.54) is 24.8 Å². The lowest BCUT2D eigenvalue weighted by atomic mass is 10.5. The molecule has 0 aliphatic rings. The highest BCUT2D eigenvalue weighted by Crippen LogP contribution is 2.26. The molecule has 6 heteroatoms. The van der Waals surface area contributed by atoms with Crippen molar-refractivity contribution in [1.82, 2.24) is 9.97 Å². The topological polar surface area (TPSA) is 61.3 Å². The number of hydrogen-bond donors (Lipinski definition) is 0. The van der Waals surface area contributed by atoms with Crippen LogP contribution in [0.2, 0.25) is 0 Å². The zero-order valence-corrected chi connectivity index (χ0v) is 8.78. The van der Waals surface area contributed by atoms with E-state index in [4.69, 9.17) is 4.74 Å². The van der Waals surface area contributed by atoms with Crippen LogP contribution < -0.4 is 4.74 Å². The van der Waals surface area contributed by atoms with Gasteiger partial charge in [0.1, 0.15) is 11.0 Å². The van der Waals surface area contributed by atoms with Crippen molar-refractivity contribution in [2.75, 3.05) is 13.7 Å². The molecule has 0 aromatic carbocycles. The normalized spacial score (nSPS) is 10.2. The largest absolute Gasteiger partial charge is 0.466 e. The van der Waals surface area contributed by atoms with Crippen LogP contribution in [-0.2, 0) is 9.53 Å². The molecule has 0 saturated heterocycles. The first-order valence-corrected chi connectivity index (χ1v) is 5.07. The number of carbonyl (C=O) groups is 1. The highest BCUT2D eigenvalue weighted by Gasteiger charge is 2.08. The highest BCUT2D eigenvalue weighted by atomic mass is 32.1. The van der Waals surface area contributed by atoms with Crippen molar-refractivity contribution in [1.29, 1.82) is 0 Å². The molecule has 2 rings (SSSR count). The smallest absolute Gasteiger partial charge is 0.343 e. The van der Waals surface area contributed by atoms with Crippen LogP contribution >= 0.6 is 11.3 Å². The van der Waals surface area contributed by atoms with Gasteiger partial charge in [-0.05, 0) is 11.4 Å². The first kappa shape index (κ1) is 9.85. The number of rotatable bonds is 3. The summed E-state index contributed by atoms with van der Waals surface area (Å²) in [5.74, 6) is -0.0151. The molecule has 0 unspecified atom stereocenters. The molecule has 0 aliphatic heterocycles. The van der Waals surface area contributed by atoms with E-state index in [1.54, 1.807) is 0 Å². The average molecular weight is 224 g/mol. The van der Waals surface area contributed by atoms with Gasteiger partial charge < -0.3 is 9.47 Å². The van der Waals surface area contributed by atoms with Crippen molar-refractivity contribution < 1.29 is 14.3 Å². The van der Waals surface area contributed by atoms with Gasteiger partial charge in [-0.1, -0.05) is 0 Å². The number of carbonyl (C=O) groups excluding carboxylic acids is 1. The molecule has 0 atom stereocenters. The second-order valence-corrected chi connectivity index (χ2v) is 3.59. The first-order valence-electron chi connectivity index (χ1n) is 4.19. The summed E-state index contributed by atoms with van der Waals surface area (Å²) in [6, 6.07) is 1.87. The third-order valence-electron chi connectivity index (χ3n) is 1.76. The van der Waals surface area contributed by atoms with Gasteiger partial charge >= 0.3 is 5.97 Å². The molecule has 2 heterocycles. The maximum atomic E-state index is 10.9. The van der Waals surface area contributed by atoms with E-state index in [0.29, 0.717) is 5.88 Å². The van der Waals surface area contributed by atoms with Gasteiger partial charge in [-0.15, -0.1) is 11.3 Å². The molecule has 0 bridgehead atoms. The van der Waals surface area contributed by atoms with Gasteiger partial charge in [-0.25, -0.2) is 14.8 Å². The van der Waals surface area contributed by atoms with Crippen molar-refractivity contribution in [2.24, 2.45) is 0 Å². The number of ether oxygens (including phenoxy) is 2. The minimum Gasteiger partial charge on any atom is -0.466 e. The minimum absolute atomic E-state index is 0.138. The molecule has 0 saturated carbocycles. The van der Waals surface area contributed by atoms with Gasteiger partial charge in [0, 0.05) is 0 Å². The third kappa shape index (κ3) is 2.04. The van der Waals surface area contributed by atoms with Crippen molar-refractivity contribution >= 4 is 27.5 Å². The fraction of sp³-hybridized carbons (Fsp3) is 0.222. The lowest BCUT2D eigenvalue weighted by Crippen LogP contribution is -2.13. The van der Waals surface area contributed by atoms with E-state index in [0.717, 1.165) is 10.2 Å². The summed E-state index contributed by atoms with van der Waals surface area (Å²) in [4.78, 5) is 18.9. The van der Waals surface area contributed by atoms with Crippen LogP contribution in [0.5, 0.6) is 5.88 Å². The maximum absolute atomic E-state index is 10.9. The van der Waals surface area contributed by atoms with E-state index in [2.05, 4.69) is 14.7 Å². The Labute approximate surface area is 89.7 Å². The van der Waals surface area contributed by atoms with Crippen LogP contribution in [0.25, 0.3) is 10.2 Å². The monoisotopic (exact) mass is 224 g/mol. The second-order valence-electron chi connectivity index (χ2n) is 2.68. The van der Waals surface area contributed by atoms with Gasteiger partial charge in [0.15, 0.2) is 6.61 Å². The van der Waals surface area contributed by atoms with Crippen molar-refractivity contribution in [2.45, 2.75) is 0 Å². The highest BCUT2D eigenvalue weighted by molar-refractivity contribution is 7.17. The Kier molecular flexibility index (Phi) is 2.77. The Bertz CT molecular complexity index is 483. The molecule has 5 nitrogen and oxygen atoms in total. The summed E-state index contributed by atoms with van der Waals surface area (Å²) in [6.07, 6.45) is 1.40. The molecule has 0 fully saturated rings. The first-order chi connectivity index (χ1) is 7.31. The molecule has 0 N–H and O–H groups in total. The molecule has 78 valence electrons. The van der Waals surface area contributed by atoms with E-state index < -0.39 is 5.97 Å². The van der Waals surface area contributed by atoms with E-state index in [9.17, 15) is 4.79 Å². The average Bonchev–Trinajstić information content (AvgIpc) is 2.74. The molecular formula is C9H8N2O3S. The predicted octanol–water partition coefficient (Wildman–Crippen LogP) is 1.24. The zero-order valence-electron chi connectivity index (χ0n) is 7.97. The van der Waals surface area contributed by atoms with Crippen LogP contribution in [-0.4, -0.2) is 29.7 Å². The Morgan fingerprint density at radius 3 is 3.20 bits per heavy atom. The van der Waals surface area contributed by atoms with Gasteiger partial charge in [-0.2, -0.15) is 0 Å². The van der Waals surface area contributed by atoms with Gasteiger partial charge in [0.25, 0.3) is 0 Å². The second kappa shape index (κ2) is 4.22. The third-order valence-corrected chi connectivity index (χ3v) is 2.66. The van der Waals surface area contributed by atoms with Crippen LogP contribution in [0.4, 0.5) is 0 Å². The Hall–Kier alpha value is -1.69. The Balaban J connectivity index is 2.20. The fourth-order valence-electron chi connectivity index (χ4n) is 1.06. The number of nitrogens with zero attached hydrogens (tertiary/aromatic N) is 2. The van der Waals surface area contributed by atoms with Crippen molar-refractivity contribution in [3.8, 4) is 5.88 Å². The standard InChI is InChI=1S/C9H8N2O3S/c1-13-7(12)4-14-9-8-6(2-3-15-8)10-5-11-9/h2-3,5H,4H2,1H3. The molecule has 2 aromatic rings. The van der Waals surface area contributed by atoms with Gasteiger partial charge in [0.2, 0.25) is 5.88 Å². The van der Waals surface area contributed by atoms with E-state index >= 15 is 0 Å². The predicted molar refractivity (Wildman–Crippen MR) is 54.9 cm³/mol. The lowest BCUT2D eigenvalue weighted by molar-refractivity contribution is -0.142. The van der Waals surface area contributed by atoms with Crippen LogP contribution in [0.15, 0.2) is 17.8 Å². The molecular weight excluding hydrogens is 216 g/mol. The number of fused-ring (bicyclic) bond motifs is 1.